The van der Waals surface area contributed by atoms with Crippen LogP contribution in [-0.4, -0.2) is 78.7 Å². The number of carboxylic acids is 2. The fourth-order valence-corrected chi connectivity index (χ4v) is 13.5. The van der Waals surface area contributed by atoms with E-state index in [1.807, 2.05) is 92.7 Å². The number of halogens is 2. The van der Waals surface area contributed by atoms with Crippen LogP contribution in [0.3, 0.4) is 0 Å². The molecule has 17 heteroatoms. The predicted molar refractivity (Wildman–Crippen MR) is 349 cm³/mol. The number of carbonyl (C=O) groups is 3. The summed E-state index contributed by atoms with van der Waals surface area (Å²) in [6.45, 7) is 19.1. The van der Waals surface area contributed by atoms with E-state index >= 15 is 0 Å². The predicted octanol–water partition coefficient (Wildman–Crippen LogP) is 15.9. The Morgan fingerprint density at radius 3 is 1.25 bits per heavy atom. The highest BCUT2D eigenvalue weighted by atomic mass is 19.1. The maximum atomic E-state index is 14.9. The lowest BCUT2D eigenvalue weighted by atomic mass is 9.81. The van der Waals surface area contributed by atoms with Gasteiger partial charge in [0.15, 0.2) is 0 Å². The standard InChI is InChI=1S/2C31H36FNO5.C13H16O3/c2*1-30(2,3)29(37-6)24-13-19(7-10-22(24)23-15-27(36-5)33-17-26(23)32)18-38-21-9-8-20-11-12-31(4,16-28(34)35)25(20)14-21;1-13(8-12(15)16-2)6-5-9-3-4-10(14)7-11(9)13/h2*7-10,13-15,17,29H,11-12,16,18H2,1-6H3,(H,34,35);3-4,7,14H,5-6,8H2,1-2H3/t29-,31+;29-,31-;13-/m011/s1. The second kappa shape index (κ2) is 28.6. The van der Waals surface area contributed by atoms with Crippen molar-refractivity contribution in [1.82, 2.24) is 9.97 Å². The quantitative estimate of drug-likeness (QED) is 0.0608. The van der Waals surface area contributed by atoms with Gasteiger partial charge in [-0.25, -0.2) is 18.7 Å². The lowest BCUT2D eigenvalue weighted by Crippen LogP contribution is -2.23. The number of hydrogen-bond acceptors (Lipinski definition) is 13. The van der Waals surface area contributed by atoms with E-state index in [2.05, 4.69) is 58.4 Å². The van der Waals surface area contributed by atoms with Gasteiger partial charge in [-0.15, -0.1) is 0 Å². The third-order valence-electron chi connectivity index (χ3n) is 18.2. The molecule has 3 N–H and O–H groups in total. The molecule has 0 unspecified atom stereocenters. The van der Waals surface area contributed by atoms with Gasteiger partial charge in [-0.3, -0.25) is 14.4 Å². The van der Waals surface area contributed by atoms with Gasteiger partial charge in [0.05, 0.1) is 65.2 Å². The number of methoxy groups -OCH3 is 5. The molecule has 0 amide bonds. The van der Waals surface area contributed by atoms with E-state index in [4.69, 9.17) is 33.2 Å². The Morgan fingerprint density at radius 2 is 0.891 bits per heavy atom. The average Bonchev–Trinajstić information content (AvgIpc) is 1.37. The number of ether oxygens (including phenoxy) is 7. The first-order valence-electron chi connectivity index (χ1n) is 31.0. The normalized spacial score (nSPS) is 18.6. The van der Waals surface area contributed by atoms with Crippen LogP contribution in [0.25, 0.3) is 22.3 Å². The minimum atomic E-state index is -0.797. The molecule has 2 heterocycles. The van der Waals surface area contributed by atoms with E-state index in [-0.39, 0.29) is 53.0 Å². The minimum absolute atomic E-state index is 0.0931. The van der Waals surface area contributed by atoms with Crippen molar-refractivity contribution in [2.45, 2.75) is 162 Å². The molecule has 0 fully saturated rings. The third-order valence-corrected chi connectivity index (χ3v) is 18.2. The average molecular weight is 1260 g/mol. The SMILES string of the molecule is COC(=O)C[C@@]1(C)CCc2ccc(O)cc21.COc1cc(-c2ccc(COc3ccc4c(c3)[C@@](C)(CC(=O)O)CC4)cc2[C@@H](OC)C(C)(C)C)c(F)cn1.COc1cc(-c2ccc(COc3ccc4c(c3)[C@@](C)(CC(=O)O)CC4)cc2[C@H](OC)C(C)(C)C)c(F)cn1. The number of esters is 1. The molecule has 3 aliphatic carbocycles. The molecular weight excluding hydrogens is 1170 g/mol. The van der Waals surface area contributed by atoms with Crippen molar-refractivity contribution in [1.29, 1.82) is 0 Å². The number of nitrogens with zero attached hydrogens (tertiary/aromatic N) is 2. The molecule has 3 aliphatic rings. The van der Waals surface area contributed by atoms with Gasteiger partial charge in [0.25, 0.3) is 0 Å². The Hall–Kier alpha value is -8.41. The molecule has 2 aromatic heterocycles. The van der Waals surface area contributed by atoms with Crippen molar-refractivity contribution in [2.24, 2.45) is 10.8 Å². The van der Waals surface area contributed by atoms with E-state index in [0.29, 0.717) is 65.1 Å². The Bertz CT molecular complexity index is 3610. The van der Waals surface area contributed by atoms with Crippen LogP contribution < -0.4 is 18.9 Å². The summed E-state index contributed by atoms with van der Waals surface area (Å²) < 4.78 is 69.3. The number of aryl methyl sites for hydroxylation is 3. The van der Waals surface area contributed by atoms with Gasteiger partial charge in [0.1, 0.15) is 42.1 Å². The highest BCUT2D eigenvalue weighted by molar-refractivity contribution is 5.73. The number of aromatic nitrogens is 2. The number of fused-ring (bicyclic) bond motifs is 3. The van der Waals surface area contributed by atoms with E-state index < -0.39 is 34.4 Å². The van der Waals surface area contributed by atoms with Crippen molar-refractivity contribution in [3.63, 3.8) is 0 Å². The smallest absolute Gasteiger partial charge is 0.306 e. The summed E-state index contributed by atoms with van der Waals surface area (Å²) in [6.07, 6.45) is 7.52. The van der Waals surface area contributed by atoms with E-state index in [1.54, 1.807) is 38.5 Å². The maximum Gasteiger partial charge on any atom is 0.306 e. The van der Waals surface area contributed by atoms with Gasteiger partial charge in [-0.1, -0.05) is 105 Å². The Kier molecular flexibility index (Phi) is 21.6. The number of benzene rings is 5. The molecule has 10 rings (SSSR count). The molecule has 0 bridgehead atoms. The largest absolute Gasteiger partial charge is 0.508 e. The number of carbonyl (C=O) groups excluding carboxylic acids is 1. The van der Waals surface area contributed by atoms with Gasteiger partial charge in [-0.2, -0.15) is 0 Å². The molecule has 15 nitrogen and oxygen atoms in total. The van der Waals surface area contributed by atoms with Crippen LogP contribution in [0, 0.1) is 22.5 Å². The first-order valence-corrected chi connectivity index (χ1v) is 31.0. The number of hydrogen-bond donors (Lipinski definition) is 3. The minimum Gasteiger partial charge on any atom is -0.508 e. The van der Waals surface area contributed by atoms with Crippen molar-refractivity contribution >= 4 is 17.9 Å². The number of pyridine rings is 2. The zero-order valence-electron chi connectivity index (χ0n) is 55.5. The summed E-state index contributed by atoms with van der Waals surface area (Å²) in [5, 5.41) is 28.3. The molecule has 7 aromatic rings. The summed E-state index contributed by atoms with van der Waals surface area (Å²) in [5.74, 6) is -0.371. The van der Waals surface area contributed by atoms with Gasteiger partial charge in [0, 0.05) is 53.7 Å². The zero-order valence-corrected chi connectivity index (χ0v) is 55.5. The Balaban J connectivity index is 0.000000192. The second-order valence-corrected chi connectivity index (χ2v) is 27.4. The lowest BCUT2D eigenvalue weighted by Gasteiger charge is -2.32. The first kappa shape index (κ1) is 69.5. The number of rotatable bonds is 20. The summed E-state index contributed by atoms with van der Waals surface area (Å²) in [7, 11) is 7.73. The number of aromatic hydroxyl groups is 1. The molecule has 0 aliphatic heterocycles. The molecule has 92 heavy (non-hydrogen) atoms. The number of aliphatic carboxylic acids is 2. The number of phenolic OH excluding ortho intramolecular Hbond substituents is 1. The van der Waals surface area contributed by atoms with Crippen LogP contribution in [0.4, 0.5) is 8.78 Å². The van der Waals surface area contributed by atoms with Gasteiger partial charge >= 0.3 is 17.9 Å². The maximum absolute atomic E-state index is 14.9. The van der Waals surface area contributed by atoms with Crippen LogP contribution in [0.5, 0.6) is 29.0 Å². The van der Waals surface area contributed by atoms with Crippen molar-refractivity contribution in [3.8, 4) is 51.3 Å². The summed E-state index contributed by atoms with van der Waals surface area (Å²) >= 11 is 0. The van der Waals surface area contributed by atoms with Crippen molar-refractivity contribution in [2.75, 3.05) is 35.5 Å². The second-order valence-electron chi connectivity index (χ2n) is 27.4. The Morgan fingerprint density at radius 1 is 0.511 bits per heavy atom. The zero-order chi connectivity index (χ0) is 67.1. The summed E-state index contributed by atoms with van der Waals surface area (Å²) in [5.41, 5.74) is 10.9. The highest BCUT2D eigenvalue weighted by Gasteiger charge is 2.40. The lowest BCUT2D eigenvalue weighted by molar-refractivity contribution is -0.142. The molecule has 0 radical (unpaired) electrons. The van der Waals surface area contributed by atoms with E-state index in [9.17, 15) is 38.5 Å². The molecule has 490 valence electrons. The monoisotopic (exact) mass is 1260 g/mol. The first-order chi connectivity index (χ1) is 43.4. The summed E-state index contributed by atoms with van der Waals surface area (Å²) in [6, 6.07) is 32.1. The number of carboxylic acid groups (broad SMARTS) is 2. The molecule has 0 saturated heterocycles. The topological polar surface area (TPSA) is 202 Å². The van der Waals surface area contributed by atoms with Crippen molar-refractivity contribution < 1.29 is 71.6 Å². The molecular formula is C75H88F2N2O13. The van der Waals surface area contributed by atoms with Crippen LogP contribution in [0.15, 0.2) is 116 Å². The fourth-order valence-electron chi connectivity index (χ4n) is 13.5. The van der Waals surface area contributed by atoms with Gasteiger partial charge < -0.3 is 48.5 Å². The molecule has 0 spiro atoms. The van der Waals surface area contributed by atoms with Crippen LogP contribution >= 0.6 is 0 Å². The van der Waals surface area contributed by atoms with Gasteiger partial charge in [0.2, 0.25) is 11.8 Å². The van der Waals surface area contributed by atoms with Gasteiger partial charge in [-0.05, 0) is 165 Å². The van der Waals surface area contributed by atoms with Crippen molar-refractivity contribution in [3.05, 3.63) is 183 Å². The number of phenols is 1. The Labute approximate surface area is 539 Å². The molecule has 0 saturated carbocycles. The van der Waals surface area contributed by atoms with Crippen LogP contribution in [-0.2, 0) is 77.3 Å². The highest BCUT2D eigenvalue weighted by Crippen LogP contribution is 2.48. The molecule has 5 atom stereocenters. The third kappa shape index (κ3) is 16.1. The van der Waals surface area contributed by atoms with E-state index in [0.717, 1.165) is 77.5 Å². The van der Waals surface area contributed by atoms with Crippen LogP contribution in [0.2, 0.25) is 0 Å². The van der Waals surface area contributed by atoms with E-state index in [1.165, 1.54) is 50.4 Å². The fraction of sp³-hybridized carbons (Fsp3) is 0.427. The summed E-state index contributed by atoms with van der Waals surface area (Å²) in [4.78, 5) is 42.3. The molecule has 5 aromatic carbocycles. The van der Waals surface area contributed by atoms with Crippen LogP contribution in [0.1, 0.15) is 169 Å².